The van der Waals surface area contributed by atoms with Gasteiger partial charge in [0.15, 0.2) is 0 Å². The van der Waals surface area contributed by atoms with Crippen LogP contribution >= 0.6 is 0 Å². The number of hydrogen-bond acceptors (Lipinski definition) is 4. The summed E-state index contributed by atoms with van der Waals surface area (Å²) in [6.45, 7) is 6.39. The predicted molar refractivity (Wildman–Crippen MR) is 111 cm³/mol. The van der Waals surface area contributed by atoms with Crippen molar-refractivity contribution >= 4 is 17.0 Å². The Morgan fingerprint density at radius 3 is 2.29 bits per heavy atom. The molecule has 1 heterocycles. The van der Waals surface area contributed by atoms with Gasteiger partial charge < -0.3 is 4.74 Å². The summed E-state index contributed by atoms with van der Waals surface area (Å²) in [5, 5.41) is 0. The lowest BCUT2D eigenvalue weighted by molar-refractivity contribution is -0.145. The summed E-state index contributed by atoms with van der Waals surface area (Å²) in [5.41, 5.74) is 5.76. The van der Waals surface area contributed by atoms with E-state index >= 15 is 0 Å². The molecule has 0 spiro atoms. The van der Waals surface area contributed by atoms with Gasteiger partial charge in [-0.3, -0.25) is 4.79 Å². The molecule has 0 bridgehead atoms. The molecule has 28 heavy (non-hydrogen) atoms. The maximum atomic E-state index is 12.3. The molecule has 4 nitrogen and oxygen atoms in total. The number of hydrogen-bond donors (Lipinski definition) is 0. The molecule has 3 aromatic rings. The summed E-state index contributed by atoms with van der Waals surface area (Å²) in [5.74, 6) is 0.0379. The first-order valence-corrected chi connectivity index (χ1v) is 9.91. The number of benzene rings is 2. The fraction of sp³-hybridized carbons (Fsp3) is 0.375. The first-order valence-electron chi connectivity index (χ1n) is 9.91. The molecule has 0 amide bonds. The molecule has 0 saturated carbocycles. The van der Waals surface area contributed by atoms with Crippen LogP contribution in [0.25, 0.3) is 22.3 Å². The van der Waals surface area contributed by atoms with Crippen LogP contribution in [0.5, 0.6) is 0 Å². The van der Waals surface area contributed by atoms with E-state index in [9.17, 15) is 4.79 Å². The molecular weight excluding hydrogens is 348 g/mol. The number of fused-ring (bicyclic) bond motifs is 4. The highest BCUT2D eigenvalue weighted by Gasteiger charge is 2.47. The lowest BCUT2D eigenvalue weighted by atomic mass is 9.69. The van der Waals surface area contributed by atoms with Crippen LogP contribution < -0.4 is 0 Å². The third kappa shape index (κ3) is 2.88. The molecular formula is C24H26N2O2. The molecule has 4 rings (SSSR count). The maximum absolute atomic E-state index is 12.3. The number of aromatic nitrogens is 2. The first kappa shape index (κ1) is 18.6. The Morgan fingerprint density at radius 2 is 1.61 bits per heavy atom. The first-order chi connectivity index (χ1) is 13.5. The van der Waals surface area contributed by atoms with E-state index < -0.39 is 0 Å². The summed E-state index contributed by atoms with van der Waals surface area (Å²) in [6.07, 6.45) is 1.57. The van der Waals surface area contributed by atoms with E-state index in [2.05, 4.69) is 38.1 Å². The fourth-order valence-corrected chi connectivity index (χ4v) is 4.76. The van der Waals surface area contributed by atoms with Gasteiger partial charge in [0.1, 0.15) is 0 Å². The number of ether oxygens (including phenoxy) is 1. The SMILES string of the molecule is COC(=O)C(C)CC1(CC(C)C)c2ccccc2-c2nc3ccccc3nc21. The summed E-state index contributed by atoms with van der Waals surface area (Å²) < 4.78 is 5.04. The van der Waals surface area contributed by atoms with Crippen molar-refractivity contribution in [3.8, 4) is 11.3 Å². The van der Waals surface area contributed by atoms with E-state index in [1.54, 1.807) is 0 Å². The Kier molecular flexibility index (Phi) is 4.66. The fourth-order valence-electron chi connectivity index (χ4n) is 4.76. The normalized spacial score (nSPS) is 18.8. The topological polar surface area (TPSA) is 52.1 Å². The molecule has 4 heteroatoms. The lowest BCUT2D eigenvalue weighted by Gasteiger charge is -2.34. The minimum atomic E-state index is -0.343. The highest BCUT2D eigenvalue weighted by molar-refractivity contribution is 5.84. The van der Waals surface area contributed by atoms with Crippen LogP contribution in [0.4, 0.5) is 0 Å². The van der Waals surface area contributed by atoms with E-state index in [1.807, 2.05) is 31.2 Å². The van der Waals surface area contributed by atoms with Gasteiger partial charge in [-0.25, -0.2) is 9.97 Å². The van der Waals surface area contributed by atoms with Gasteiger partial charge in [-0.15, -0.1) is 0 Å². The zero-order chi connectivity index (χ0) is 19.9. The molecule has 2 atom stereocenters. The zero-order valence-electron chi connectivity index (χ0n) is 16.9. The lowest BCUT2D eigenvalue weighted by Crippen LogP contribution is -2.33. The summed E-state index contributed by atoms with van der Waals surface area (Å²) in [4.78, 5) is 22.4. The van der Waals surface area contributed by atoms with Crippen LogP contribution in [0.2, 0.25) is 0 Å². The second-order valence-electron chi connectivity index (χ2n) is 8.26. The maximum Gasteiger partial charge on any atom is 0.308 e. The van der Waals surface area contributed by atoms with Crippen molar-refractivity contribution in [2.24, 2.45) is 11.8 Å². The van der Waals surface area contributed by atoms with Crippen molar-refractivity contribution < 1.29 is 9.53 Å². The molecule has 144 valence electrons. The largest absolute Gasteiger partial charge is 0.469 e. The Hall–Kier alpha value is -2.75. The molecule has 2 aromatic carbocycles. The van der Waals surface area contributed by atoms with Crippen molar-refractivity contribution in [3.05, 3.63) is 59.8 Å². The van der Waals surface area contributed by atoms with Crippen LogP contribution in [0, 0.1) is 11.8 Å². The van der Waals surface area contributed by atoms with E-state index in [0.717, 1.165) is 34.4 Å². The van der Waals surface area contributed by atoms with Crippen molar-refractivity contribution in [2.75, 3.05) is 7.11 Å². The second kappa shape index (κ2) is 7.01. The van der Waals surface area contributed by atoms with Crippen LogP contribution in [0.15, 0.2) is 48.5 Å². The molecule has 1 aromatic heterocycles. The standard InChI is InChI=1S/C24H26N2O2/c1-15(2)13-24(14-16(3)23(27)28-4)18-10-6-5-9-17(18)21-22(24)26-20-12-8-7-11-19(20)25-21/h5-12,15-16H,13-14H2,1-4H3. The third-order valence-electron chi connectivity index (χ3n) is 5.74. The summed E-state index contributed by atoms with van der Waals surface area (Å²) in [7, 11) is 1.46. The van der Waals surface area contributed by atoms with E-state index in [1.165, 1.54) is 12.7 Å². The van der Waals surface area contributed by atoms with Gasteiger partial charge in [-0.1, -0.05) is 57.2 Å². The Morgan fingerprint density at radius 1 is 0.964 bits per heavy atom. The highest BCUT2D eigenvalue weighted by atomic mass is 16.5. The van der Waals surface area contributed by atoms with Gasteiger partial charge in [0.25, 0.3) is 0 Å². The van der Waals surface area contributed by atoms with Crippen molar-refractivity contribution in [1.82, 2.24) is 9.97 Å². The molecule has 1 aliphatic carbocycles. The molecule has 0 fully saturated rings. The van der Waals surface area contributed by atoms with Crippen LogP contribution in [0.1, 0.15) is 44.9 Å². The molecule has 1 aliphatic rings. The van der Waals surface area contributed by atoms with Crippen molar-refractivity contribution in [1.29, 1.82) is 0 Å². The Labute approximate surface area is 166 Å². The van der Waals surface area contributed by atoms with Gasteiger partial charge in [0.05, 0.1) is 35.4 Å². The van der Waals surface area contributed by atoms with Crippen LogP contribution in [0.3, 0.4) is 0 Å². The number of esters is 1. The smallest absolute Gasteiger partial charge is 0.308 e. The number of carbonyl (C=O) groups excluding carboxylic acids is 1. The number of carbonyl (C=O) groups is 1. The molecule has 0 aliphatic heterocycles. The van der Waals surface area contributed by atoms with Gasteiger partial charge in [-0.2, -0.15) is 0 Å². The van der Waals surface area contributed by atoms with E-state index in [-0.39, 0.29) is 17.3 Å². The van der Waals surface area contributed by atoms with Crippen LogP contribution in [-0.2, 0) is 14.9 Å². The molecule has 0 radical (unpaired) electrons. The van der Waals surface area contributed by atoms with Crippen LogP contribution in [-0.4, -0.2) is 23.0 Å². The third-order valence-corrected chi connectivity index (χ3v) is 5.74. The monoisotopic (exact) mass is 374 g/mol. The van der Waals surface area contributed by atoms with Gasteiger partial charge in [-0.05, 0) is 36.5 Å². The molecule has 0 saturated heterocycles. The molecule has 2 unspecified atom stereocenters. The quantitative estimate of drug-likeness (QED) is 0.580. The zero-order valence-corrected chi connectivity index (χ0v) is 16.9. The minimum absolute atomic E-state index is 0.178. The average molecular weight is 374 g/mol. The number of nitrogens with zero attached hydrogens (tertiary/aromatic N) is 2. The summed E-state index contributed by atoms with van der Waals surface area (Å²) >= 11 is 0. The predicted octanol–water partition coefficient (Wildman–Crippen LogP) is 5.14. The van der Waals surface area contributed by atoms with E-state index in [0.29, 0.717) is 12.3 Å². The summed E-state index contributed by atoms with van der Waals surface area (Å²) in [6, 6.07) is 16.4. The Balaban J connectivity index is 1.99. The highest BCUT2D eigenvalue weighted by Crippen LogP contribution is 2.53. The van der Waals surface area contributed by atoms with Gasteiger partial charge in [0, 0.05) is 11.0 Å². The number of para-hydroxylation sites is 2. The average Bonchev–Trinajstić information content (AvgIpc) is 2.94. The minimum Gasteiger partial charge on any atom is -0.469 e. The number of methoxy groups -OCH3 is 1. The number of rotatable bonds is 5. The van der Waals surface area contributed by atoms with Crippen molar-refractivity contribution in [3.63, 3.8) is 0 Å². The molecule has 0 N–H and O–H groups in total. The van der Waals surface area contributed by atoms with Crippen molar-refractivity contribution in [2.45, 2.75) is 39.0 Å². The second-order valence-corrected chi connectivity index (χ2v) is 8.26. The van der Waals surface area contributed by atoms with Gasteiger partial charge >= 0.3 is 5.97 Å². The van der Waals surface area contributed by atoms with E-state index in [4.69, 9.17) is 14.7 Å². The Bertz CT molecular complexity index is 1040. The van der Waals surface area contributed by atoms with Gasteiger partial charge in [0.2, 0.25) is 0 Å².